The number of benzene rings is 1. The molecule has 1 aromatic rings. The molecule has 0 saturated carbocycles. The number of carbonyl (C=O) groups is 1. The van der Waals surface area contributed by atoms with Gasteiger partial charge in [0.25, 0.3) is 0 Å². The number of carboxylic acids is 1. The minimum Gasteiger partial charge on any atom is -0.478 e. The van der Waals surface area contributed by atoms with Gasteiger partial charge in [-0.3, -0.25) is 0 Å². The SMILES string of the molecule is CCC(C)C(O)C(CC)(CC)CO.O=C(O)c1ccccc1. The first-order chi connectivity index (χ1) is 10.4. The van der Waals surface area contributed by atoms with Crippen molar-refractivity contribution in [2.24, 2.45) is 11.3 Å². The lowest BCUT2D eigenvalue weighted by atomic mass is 9.73. The van der Waals surface area contributed by atoms with Gasteiger partial charge in [-0.1, -0.05) is 52.3 Å². The molecule has 0 saturated heterocycles. The van der Waals surface area contributed by atoms with E-state index >= 15 is 0 Å². The second kappa shape index (κ2) is 10.4. The molecule has 22 heavy (non-hydrogen) atoms. The van der Waals surface area contributed by atoms with Crippen LogP contribution in [0.1, 0.15) is 57.3 Å². The van der Waals surface area contributed by atoms with Crippen LogP contribution in [0, 0.1) is 11.3 Å². The number of aliphatic hydroxyl groups excluding tert-OH is 2. The molecule has 1 rings (SSSR count). The van der Waals surface area contributed by atoms with Gasteiger partial charge in [-0.2, -0.15) is 0 Å². The summed E-state index contributed by atoms with van der Waals surface area (Å²) >= 11 is 0. The Bertz CT molecular complexity index is 404. The van der Waals surface area contributed by atoms with Crippen LogP contribution in [0.5, 0.6) is 0 Å². The molecule has 0 radical (unpaired) electrons. The molecule has 0 aromatic heterocycles. The maximum atomic E-state index is 10.2. The molecular weight excluding hydrogens is 280 g/mol. The van der Waals surface area contributed by atoms with Crippen LogP contribution in [0.2, 0.25) is 0 Å². The van der Waals surface area contributed by atoms with E-state index in [1.807, 2.05) is 20.8 Å². The highest BCUT2D eigenvalue weighted by atomic mass is 16.4. The quantitative estimate of drug-likeness (QED) is 0.719. The van der Waals surface area contributed by atoms with E-state index in [0.717, 1.165) is 19.3 Å². The highest BCUT2D eigenvalue weighted by Crippen LogP contribution is 2.34. The van der Waals surface area contributed by atoms with Gasteiger partial charge in [0.05, 0.1) is 18.3 Å². The lowest BCUT2D eigenvalue weighted by Crippen LogP contribution is -2.41. The fraction of sp³-hybridized carbons (Fsp3) is 0.611. The van der Waals surface area contributed by atoms with Crippen LogP contribution in [0.25, 0.3) is 0 Å². The summed E-state index contributed by atoms with van der Waals surface area (Å²) in [6, 6.07) is 8.30. The summed E-state index contributed by atoms with van der Waals surface area (Å²) in [5.74, 6) is -0.609. The predicted molar refractivity (Wildman–Crippen MR) is 89.0 cm³/mol. The standard InChI is InChI=1S/C11H24O2.C7H6O2/c1-5-9(4)10(13)11(6-2,7-3)8-12;8-7(9)6-4-2-1-3-5-6/h9-10,12-13H,5-8H2,1-4H3;1-5H,(H,8,9). The van der Waals surface area contributed by atoms with E-state index in [2.05, 4.69) is 6.92 Å². The molecule has 4 nitrogen and oxygen atoms in total. The normalized spacial score (nSPS) is 13.7. The predicted octanol–water partition coefficient (Wildman–Crippen LogP) is 3.58. The molecule has 0 spiro atoms. The Labute approximate surface area is 133 Å². The van der Waals surface area contributed by atoms with Gasteiger partial charge in [-0.25, -0.2) is 4.79 Å². The van der Waals surface area contributed by atoms with E-state index in [1.54, 1.807) is 30.3 Å². The number of aliphatic hydroxyl groups is 2. The van der Waals surface area contributed by atoms with Gasteiger partial charge in [0.15, 0.2) is 0 Å². The minimum atomic E-state index is -0.879. The van der Waals surface area contributed by atoms with Gasteiger partial charge < -0.3 is 15.3 Å². The summed E-state index contributed by atoms with van der Waals surface area (Å²) in [6.45, 7) is 8.27. The number of hydrogen-bond acceptors (Lipinski definition) is 3. The zero-order valence-corrected chi connectivity index (χ0v) is 14.1. The molecule has 0 amide bonds. The molecule has 0 fully saturated rings. The first-order valence-corrected chi connectivity index (χ1v) is 7.95. The summed E-state index contributed by atoms with van der Waals surface area (Å²) in [6.07, 6.45) is 2.26. The molecule has 0 heterocycles. The second-order valence-electron chi connectivity index (χ2n) is 5.73. The first-order valence-electron chi connectivity index (χ1n) is 7.95. The number of hydrogen-bond donors (Lipinski definition) is 3. The smallest absolute Gasteiger partial charge is 0.335 e. The van der Waals surface area contributed by atoms with Crippen molar-refractivity contribution in [3.05, 3.63) is 35.9 Å². The summed E-state index contributed by atoms with van der Waals surface area (Å²) in [7, 11) is 0. The summed E-state index contributed by atoms with van der Waals surface area (Å²) < 4.78 is 0. The molecule has 0 aliphatic heterocycles. The fourth-order valence-electron chi connectivity index (χ4n) is 2.39. The van der Waals surface area contributed by atoms with Gasteiger partial charge in [0.2, 0.25) is 0 Å². The zero-order valence-electron chi connectivity index (χ0n) is 14.1. The Kier molecular flexibility index (Phi) is 9.70. The average molecular weight is 310 g/mol. The molecule has 0 bridgehead atoms. The second-order valence-corrected chi connectivity index (χ2v) is 5.73. The summed E-state index contributed by atoms with van der Waals surface area (Å²) in [5, 5.41) is 27.8. The first kappa shape index (κ1) is 20.6. The van der Waals surface area contributed by atoms with E-state index in [1.165, 1.54) is 0 Å². The van der Waals surface area contributed by atoms with Crippen LogP contribution in [-0.2, 0) is 0 Å². The van der Waals surface area contributed by atoms with Gasteiger partial charge in [-0.05, 0) is 30.9 Å². The lowest BCUT2D eigenvalue weighted by molar-refractivity contribution is -0.0535. The van der Waals surface area contributed by atoms with Crippen molar-refractivity contribution in [2.75, 3.05) is 6.61 Å². The molecule has 0 aliphatic carbocycles. The van der Waals surface area contributed by atoms with Crippen LogP contribution in [0.4, 0.5) is 0 Å². The van der Waals surface area contributed by atoms with Crippen LogP contribution in [-0.4, -0.2) is 34.0 Å². The van der Waals surface area contributed by atoms with Crippen molar-refractivity contribution in [1.82, 2.24) is 0 Å². The number of rotatable bonds is 7. The van der Waals surface area contributed by atoms with Crippen molar-refractivity contribution < 1.29 is 20.1 Å². The van der Waals surface area contributed by atoms with Gasteiger partial charge in [-0.15, -0.1) is 0 Å². The lowest BCUT2D eigenvalue weighted by Gasteiger charge is -2.37. The van der Waals surface area contributed by atoms with Crippen LogP contribution >= 0.6 is 0 Å². The van der Waals surface area contributed by atoms with Crippen molar-refractivity contribution in [3.63, 3.8) is 0 Å². The molecule has 2 unspecified atom stereocenters. The van der Waals surface area contributed by atoms with Crippen molar-refractivity contribution in [2.45, 2.75) is 53.1 Å². The highest BCUT2D eigenvalue weighted by Gasteiger charge is 2.36. The number of carboxylic acid groups (broad SMARTS) is 1. The monoisotopic (exact) mass is 310 g/mol. The molecular formula is C18H30O4. The Morgan fingerprint density at radius 1 is 1.14 bits per heavy atom. The molecule has 0 aliphatic rings. The maximum Gasteiger partial charge on any atom is 0.335 e. The average Bonchev–Trinajstić information content (AvgIpc) is 2.57. The summed E-state index contributed by atoms with van der Waals surface area (Å²) in [5.41, 5.74) is 0.0487. The van der Waals surface area contributed by atoms with Crippen LogP contribution in [0.3, 0.4) is 0 Å². The van der Waals surface area contributed by atoms with Crippen LogP contribution < -0.4 is 0 Å². The van der Waals surface area contributed by atoms with Crippen molar-refractivity contribution in [1.29, 1.82) is 0 Å². The number of aromatic carboxylic acids is 1. The van der Waals surface area contributed by atoms with E-state index in [-0.39, 0.29) is 24.0 Å². The van der Waals surface area contributed by atoms with Gasteiger partial charge >= 0.3 is 5.97 Å². The summed E-state index contributed by atoms with van der Waals surface area (Å²) in [4.78, 5) is 10.2. The van der Waals surface area contributed by atoms with E-state index < -0.39 is 5.97 Å². The van der Waals surface area contributed by atoms with E-state index in [9.17, 15) is 15.0 Å². The van der Waals surface area contributed by atoms with E-state index in [0.29, 0.717) is 5.56 Å². The topological polar surface area (TPSA) is 77.8 Å². The van der Waals surface area contributed by atoms with Crippen molar-refractivity contribution in [3.8, 4) is 0 Å². The molecule has 3 N–H and O–H groups in total. The molecule has 1 aromatic carbocycles. The minimum absolute atomic E-state index is 0.0888. The molecule has 126 valence electrons. The third kappa shape index (κ3) is 5.78. The molecule has 4 heteroatoms. The maximum absolute atomic E-state index is 10.2. The van der Waals surface area contributed by atoms with E-state index in [4.69, 9.17) is 5.11 Å². The van der Waals surface area contributed by atoms with Crippen LogP contribution in [0.15, 0.2) is 30.3 Å². The Morgan fingerprint density at radius 3 is 1.91 bits per heavy atom. The molecule has 2 atom stereocenters. The van der Waals surface area contributed by atoms with Gasteiger partial charge in [0, 0.05) is 5.41 Å². The third-order valence-corrected chi connectivity index (χ3v) is 4.55. The van der Waals surface area contributed by atoms with Crippen molar-refractivity contribution >= 4 is 5.97 Å². The Balaban J connectivity index is 0.000000425. The van der Waals surface area contributed by atoms with Gasteiger partial charge in [0.1, 0.15) is 0 Å². The highest BCUT2D eigenvalue weighted by molar-refractivity contribution is 5.87. The Morgan fingerprint density at radius 2 is 1.64 bits per heavy atom. The zero-order chi connectivity index (χ0) is 17.2. The Hall–Kier alpha value is -1.39. The third-order valence-electron chi connectivity index (χ3n) is 4.55. The fourth-order valence-corrected chi connectivity index (χ4v) is 2.39. The largest absolute Gasteiger partial charge is 0.478 e.